The number of carbonyl (C=O) groups excluding carboxylic acids is 1. The Morgan fingerprint density at radius 3 is 2.67 bits per heavy atom. The minimum absolute atomic E-state index is 0.381. The van der Waals surface area contributed by atoms with Gasteiger partial charge in [-0.05, 0) is 25.0 Å². The molecular formula is C13H19N3O2. The van der Waals surface area contributed by atoms with E-state index in [4.69, 9.17) is 16.2 Å². The highest BCUT2D eigenvalue weighted by Crippen LogP contribution is 2.29. The molecule has 0 spiro atoms. The molecule has 1 fully saturated rings. The van der Waals surface area contributed by atoms with Crippen molar-refractivity contribution in [2.24, 2.45) is 5.73 Å². The van der Waals surface area contributed by atoms with Gasteiger partial charge in [0.05, 0.1) is 16.9 Å². The van der Waals surface area contributed by atoms with Crippen LogP contribution in [0.25, 0.3) is 0 Å². The van der Waals surface area contributed by atoms with Gasteiger partial charge >= 0.3 is 0 Å². The Hall–Kier alpha value is -1.75. The average Bonchev–Trinajstić information content (AvgIpc) is 2.39. The number of benzene rings is 1. The molecule has 0 unspecified atom stereocenters. The number of nitrogens with zero attached hydrogens (tertiary/aromatic N) is 1. The second kappa shape index (κ2) is 5.27. The number of anilines is 2. The molecule has 0 saturated carbocycles. The molecule has 0 aliphatic carbocycles. The Morgan fingerprint density at radius 1 is 1.39 bits per heavy atom. The van der Waals surface area contributed by atoms with Gasteiger partial charge in [-0.3, -0.25) is 4.79 Å². The van der Waals surface area contributed by atoms with Crippen molar-refractivity contribution in [3.63, 3.8) is 0 Å². The van der Waals surface area contributed by atoms with E-state index in [1.54, 1.807) is 6.07 Å². The summed E-state index contributed by atoms with van der Waals surface area (Å²) in [4.78, 5) is 13.4. The van der Waals surface area contributed by atoms with Gasteiger partial charge in [0.15, 0.2) is 0 Å². The van der Waals surface area contributed by atoms with Gasteiger partial charge in [0.25, 0.3) is 5.91 Å². The Labute approximate surface area is 107 Å². The second-order valence-corrected chi connectivity index (χ2v) is 4.56. The highest BCUT2D eigenvalue weighted by molar-refractivity contribution is 6.00. The Balaban J connectivity index is 2.26. The lowest BCUT2D eigenvalue weighted by atomic mass is 10.0. The van der Waals surface area contributed by atoms with E-state index in [0.717, 1.165) is 31.7 Å². The normalized spacial score (nSPS) is 16.5. The zero-order chi connectivity index (χ0) is 13.1. The summed E-state index contributed by atoms with van der Waals surface area (Å²) < 4.78 is 5.35. The fourth-order valence-electron chi connectivity index (χ4n) is 2.34. The van der Waals surface area contributed by atoms with Crippen LogP contribution in [0.3, 0.4) is 0 Å². The number of nitrogen functional groups attached to an aromatic ring is 1. The predicted molar refractivity (Wildman–Crippen MR) is 71.6 cm³/mol. The van der Waals surface area contributed by atoms with Crippen LogP contribution in [-0.4, -0.2) is 32.2 Å². The molecule has 1 amide bonds. The lowest BCUT2D eigenvalue weighted by Gasteiger charge is -2.33. The van der Waals surface area contributed by atoms with Crippen LogP contribution >= 0.6 is 0 Å². The van der Waals surface area contributed by atoms with Crippen LogP contribution in [0.15, 0.2) is 18.2 Å². The fourth-order valence-corrected chi connectivity index (χ4v) is 2.34. The van der Waals surface area contributed by atoms with Crippen molar-refractivity contribution in [1.29, 1.82) is 0 Å². The summed E-state index contributed by atoms with van der Waals surface area (Å²) in [6.45, 7) is 1.54. The van der Waals surface area contributed by atoms with Gasteiger partial charge in [-0.25, -0.2) is 0 Å². The van der Waals surface area contributed by atoms with E-state index >= 15 is 0 Å². The molecule has 0 atom stereocenters. The maximum absolute atomic E-state index is 11.3. The number of para-hydroxylation sites is 1. The SMILES string of the molecule is CN(c1cccc(C(N)=O)c1N)C1CCOCC1. The largest absolute Gasteiger partial charge is 0.396 e. The van der Waals surface area contributed by atoms with Crippen LogP contribution < -0.4 is 16.4 Å². The number of rotatable bonds is 3. The monoisotopic (exact) mass is 249 g/mol. The van der Waals surface area contributed by atoms with Crippen molar-refractivity contribution >= 4 is 17.3 Å². The van der Waals surface area contributed by atoms with Gasteiger partial charge in [-0.15, -0.1) is 0 Å². The quantitative estimate of drug-likeness (QED) is 0.782. The second-order valence-electron chi connectivity index (χ2n) is 4.56. The van der Waals surface area contributed by atoms with E-state index in [1.165, 1.54) is 0 Å². The van der Waals surface area contributed by atoms with E-state index in [2.05, 4.69) is 4.90 Å². The summed E-state index contributed by atoms with van der Waals surface area (Å²) >= 11 is 0. The van der Waals surface area contributed by atoms with Gasteiger partial charge in [0.1, 0.15) is 0 Å². The van der Waals surface area contributed by atoms with Crippen LogP contribution in [0.4, 0.5) is 11.4 Å². The number of amides is 1. The molecular weight excluding hydrogens is 230 g/mol. The molecule has 0 aromatic heterocycles. The van der Waals surface area contributed by atoms with Crippen LogP contribution in [0, 0.1) is 0 Å². The van der Waals surface area contributed by atoms with Crippen molar-refractivity contribution in [3.05, 3.63) is 23.8 Å². The minimum atomic E-state index is -0.491. The standard InChI is InChI=1S/C13H19N3O2/c1-16(9-5-7-18-8-6-9)11-4-2-3-10(12(11)14)13(15)17/h2-4,9H,5-8,14H2,1H3,(H2,15,17). The first-order chi connectivity index (χ1) is 8.61. The Morgan fingerprint density at radius 2 is 2.06 bits per heavy atom. The lowest BCUT2D eigenvalue weighted by molar-refractivity contribution is 0.0855. The van der Waals surface area contributed by atoms with Crippen LogP contribution in [0.2, 0.25) is 0 Å². The molecule has 5 nitrogen and oxygen atoms in total. The molecule has 5 heteroatoms. The maximum Gasteiger partial charge on any atom is 0.250 e. The molecule has 2 rings (SSSR count). The highest BCUT2D eigenvalue weighted by atomic mass is 16.5. The van der Waals surface area contributed by atoms with Gasteiger partial charge in [0, 0.05) is 26.3 Å². The Bertz CT molecular complexity index is 442. The van der Waals surface area contributed by atoms with Crippen molar-refractivity contribution in [2.75, 3.05) is 30.9 Å². The van der Waals surface area contributed by atoms with E-state index in [0.29, 0.717) is 17.3 Å². The van der Waals surface area contributed by atoms with Gasteiger partial charge in [0.2, 0.25) is 0 Å². The van der Waals surface area contributed by atoms with E-state index in [-0.39, 0.29) is 0 Å². The average molecular weight is 249 g/mol. The van der Waals surface area contributed by atoms with Crippen molar-refractivity contribution in [1.82, 2.24) is 0 Å². The summed E-state index contributed by atoms with van der Waals surface area (Å²) in [6, 6.07) is 5.77. The van der Waals surface area contributed by atoms with Gasteiger partial charge in [-0.2, -0.15) is 0 Å². The molecule has 1 aromatic rings. The maximum atomic E-state index is 11.3. The minimum Gasteiger partial charge on any atom is -0.396 e. The summed E-state index contributed by atoms with van der Waals surface area (Å²) in [7, 11) is 1.99. The molecule has 1 heterocycles. The van der Waals surface area contributed by atoms with E-state index in [9.17, 15) is 4.79 Å². The molecule has 98 valence electrons. The first kappa shape index (κ1) is 12.7. The molecule has 18 heavy (non-hydrogen) atoms. The first-order valence-corrected chi connectivity index (χ1v) is 6.10. The van der Waals surface area contributed by atoms with Gasteiger partial charge in [-0.1, -0.05) is 6.07 Å². The summed E-state index contributed by atoms with van der Waals surface area (Å²) in [5.74, 6) is -0.491. The number of primary amides is 1. The van der Waals surface area contributed by atoms with Crippen molar-refractivity contribution in [2.45, 2.75) is 18.9 Å². The number of ether oxygens (including phenoxy) is 1. The molecule has 4 N–H and O–H groups in total. The molecule has 1 aliphatic rings. The van der Waals surface area contributed by atoms with Gasteiger partial charge < -0.3 is 21.1 Å². The van der Waals surface area contributed by atoms with Crippen LogP contribution in [0.1, 0.15) is 23.2 Å². The van der Waals surface area contributed by atoms with Crippen LogP contribution in [-0.2, 0) is 4.74 Å². The number of hydrogen-bond donors (Lipinski definition) is 2. The summed E-state index contributed by atoms with van der Waals surface area (Å²) in [5, 5.41) is 0. The molecule has 1 aromatic carbocycles. The van der Waals surface area contributed by atoms with Crippen LogP contribution in [0.5, 0.6) is 0 Å². The van der Waals surface area contributed by atoms with Crippen molar-refractivity contribution < 1.29 is 9.53 Å². The Kier molecular flexibility index (Phi) is 3.72. The zero-order valence-electron chi connectivity index (χ0n) is 10.6. The third kappa shape index (κ3) is 2.41. The summed E-state index contributed by atoms with van der Waals surface area (Å²) in [6.07, 6.45) is 1.94. The first-order valence-electron chi connectivity index (χ1n) is 6.10. The molecule has 1 aliphatic heterocycles. The molecule has 0 radical (unpaired) electrons. The third-order valence-electron chi connectivity index (χ3n) is 3.47. The highest BCUT2D eigenvalue weighted by Gasteiger charge is 2.21. The number of carbonyl (C=O) groups is 1. The summed E-state index contributed by atoms with van der Waals surface area (Å²) in [5.41, 5.74) is 13.0. The smallest absolute Gasteiger partial charge is 0.250 e. The predicted octanol–water partition coefficient (Wildman–Crippen LogP) is 0.983. The van der Waals surface area contributed by atoms with E-state index < -0.39 is 5.91 Å². The molecule has 0 bridgehead atoms. The number of nitrogens with two attached hydrogens (primary N) is 2. The fraction of sp³-hybridized carbons (Fsp3) is 0.462. The third-order valence-corrected chi connectivity index (χ3v) is 3.47. The lowest BCUT2D eigenvalue weighted by Crippen LogP contribution is -2.37. The number of hydrogen-bond acceptors (Lipinski definition) is 4. The molecule has 1 saturated heterocycles. The van der Waals surface area contributed by atoms with E-state index in [1.807, 2.05) is 19.2 Å². The van der Waals surface area contributed by atoms with Crippen molar-refractivity contribution in [3.8, 4) is 0 Å². The zero-order valence-corrected chi connectivity index (χ0v) is 10.6. The topological polar surface area (TPSA) is 81.6 Å².